The number of esters is 1. The molecule has 2 aliphatic rings. The zero-order valence-electron chi connectivity index (χ0n) is 19.4. The van der Waals surface area contributed by atoms with Gasteiger partial charge in [-0.2, -0.15) is 25.3 Å². The lowest BCUT2D eigenvalue weighted by atomic mass is 9.88. The van der Waals surface area contributed by atoms with Gasteiger partial charge >= 0.3 is 5.97 Å². The van der Waals surface area contributed by atoms with Crippen LogP contribution in [0.4, 0.5) is 0 Å². The van der Waals surface area contributed by atoms with Crippen LogP contribution in [0.15, 0.2) is 23.8 Å². The fourth-order valence-electron chi connectivity index (χ4n) is 5.02. The third kappa shape index (κ3) is 6.86. The standard InChI is InChI=1S/C24H33Cl2N3O3S2/c1-32-24(31)23-18(16-3-5-19(25)20(26)13-16)14-17-4-6-21(23)29(17)9-2-8-28(10-12-34)15-22(30)27-7-11-33/h3,5,13,17,21,33-34H,2,4,6-12,14-15H2,1H3,(H,27,30)/t17-,21+/m0/s1. The van der Waals surface area contributed by atoms with Crippen LogP contribution in [0.25, 0.3) is 5.57 Å². The van der Waals surface area contributed by atoms with E-state index in [1.807, 2.05) is 12.1 Å². The van der Waals surface area contributed by atoms with E-state index in [0.29, 0.717) is 40.7 Å². The van der Waals surface area contributed by atoms with E-state index >= 15 is 0 Å². The molecule has 0 saturated carbocycles. The summed E-state index contributed by atoms with van der Waals surface area (Å²) in [7, 11) is 1.43. The second-order valence-corrected chi connectivity index (χ2v) is 10.3. The Morgan fingerprint density at radius 3 is 2.65 bits per heavy atom. The van der Waals surface area contributed by atoms with Gasteiger partial charge in [-0.3, -0.25) is 14.6 Å². The molecule has 188 valence electrons. The summed E-state index contributed by atoms with van der Waals surface area (Å²) in [5, 5.41) is 3.85. The van der Waals surface area contributed by atoms with Crippen LogP contribution in [0, 0.1) is 0 Å². The second kappa shape index (κ2) is 13.4. The van der Waals surface area contributed by atoms with E-state index in [2.05, 4.69) is 40.4 Å². The molecule has 0 aliphatic carbocycles. The third-order valence-electron chi connectivity index (χ3n) is 6.52. The number of nitrogens with one attached hydrogen (secondary N) is 1. The molecule has 1 fully saturated rings. The number of fused-ring (bicyclic) bond motifs is 2. The first-order chi connectivity index (χ1) is 16.4. The van der Waals surface area contributed by atoms with Gasteiger partial charge in [0.25, 0.3) is 0 Å². The smallest absolute Gasteiger partial charge is 0.335 e. The Bertz CT molecular complexity index is 915. The normalized spacial score (nSPS) is 20.2. The molecule has 2 aliphatic heterocycles. The maximum absolute atomic E-state index is 12.9. The van der Waals surface area contributed by atoms with E-state index in [9.17, 15) is 9.59 Å². The Morgan fingerprint density at radius 1 is 1.18 bits per heavy atom. The molecule has 34 heavy (non-hydrogen) atoms. The maximum Gasteiger partial charge on any atom is 0.335 e. The minimum absolute atomic E-state index is 0.0102. The summed E-state index contributed by atoms with van der Waals surface area (Å²) >= 11 is 20.9. The molecule has 3 rings (SSSR count). The van der Waals surface area contributed by atoms with E-state index in [4.69, 9.17) is 27.9 Å². The molecule has 0 radical (unpaired) electrons. The molecule has 2 atom stereocenters. The molecule has 1 saturated heterocycles. The number of ether oxygens (including phenoxy) is 1. The average Bonchev–Trinajstić information content (AvgIpc) is 3.09. The van der Waals surface area contributed by atoms with Gasteiger partial charge in [0.05, 0.1) is 29.3 Å². The average molecular weight is 547 g/mol. The quantitative estimate of drug-likeness (QED) is 0.275. The van der Waals surface area contributed by atoms with Gasteiger partial charge in [-0.15, -0.1) is 0 Å². The molecule has 10 heteroatoms. The number of methoxy groups -OCH3 is 1. The molecule has 1 aromatic carbocycles. The summed E-state index contributed by atoms with van der Waals surface area (Å²) in [5.41, 5.74) is 2.67. The van der Waals surface area contributed by atoms with E-state index < -0.39 is 0 Å². The molecule has 1 amide bonds. The number of thiol groups is 2. The Kier molecular flexibility index (Phi) is 10.9. The minimum Gasteiger partial charge on any atom is -0.466 e. The van der Waals surface area contributed by atoms with Crippen LogP contribution in [-0.4, -0.2) is 85.1 Å². The maximum atomic E-state index is 12.9. The van der Waals surface area contributed by atoms with E-state index in [1.165, 1.54) is 7.11 Å². The van der Waals surface area contributed by atoms with Gasteiger partial charge in [-0.1, -0.05) is 29.3 Å². The van der Waals surface area contributed by atoms with Crippen molar-refractivity contribution in [2.75, 3.05) is 51.3 Å². The summed E-state index contributed by atoms with van der Waals surface area (Å²) in [6.07, 6.45) is 3.62. The van der Waals surface area contributed by atoms with Gasteiger partial charge in [0.2, 0.25) is 5.91 Å². The SMILES string of the molecule is COC(=O)C1=C(c2ccc(Cl)c(Cl)c2)C[C@@H]2CC[C@H]1N2CCCN(CCS)CC(=O)NCCS. The van der Waals surface area contributed by atoms with Crippen LogP contribution in [-0.2, 0) is 14.3 Å². The highest BCUT2D eigenvalue weighted by molar-refractivity contribution is 7.80. The first-order valence-electron chi connectivity index (χ1n) is 11.6. The van der Waals surface area contributed by atoms with Crippen molar-refractivity contribution < 1.29 is 14.3 Å². The number of halogens is 2. The van der Waals surface area contributed by atoms with Crippen LogP contribution in [0.5, 0.6) is 0 Å². The van der Waals surface area contributed by atoms with Gasteiger partial charge < -0.3 is 10.1 Å². The van der Waals surface area contributed by atoms with Crippen LogP contribution in [0.3, 0.4) is 0 Å². The molecule has 6 nitrogen and oxygen atoms in total. The van der Waals surface area contributed by atoms with Gasteiger partial charge in [0.1, 0.15) is 0 Å². The molecular weight excluding hydrogens is 513 g/mol. The van der Waals surface area contributed by atoms with Gasteiger partial charge in [-0.25, -0.2) is 4.79 Å². The highest BCUT2D eigenvalue weighted by Crippen LogP contribution is 2.44. The number of amides is 1. The number of carbonyl (C=O) groups excluding carboxylic acids is 2. The zero-order chi connectivity index (χ0) is 24.7. The van der Waals surface area contributed by atoms with Crippen molar-refractivity contribution >= 4 is 65.9 Å². The largest absolute Gasteiger partial charge is 0.466 e. The summed E-state index contributed by atoms with van der Waals surface area (Å²) in [6.45, 7) is 3.32. The van der Waals surface area contributed by atoms with Crippen molar-refractivity contribution in [3.63, 3.8) is 0 Å². The predicted octanol–water partition coefficient (Wildman–Crippen LogP) is 3.82. The first-order valence-corrected chi connectivity index (χ1v) is 13.6. The van der Waals surface area contributed by atoms with E-state index in [-0.39, 0.29) is 17.9 Å². The van der Waals surface area contributed by atoms with Crippen molar-refractivity contribution in [3.05, 3.63) is 39.4 Å². The van der Waals surface area contributed by atoms with Crippen molar-refractivity contribution in [2.45, 2.75) is 37.8 Å². The molecule has 1 aromatic rings. The highest BCUT2D eigenvalue weighted by Gasteiger charge is 2.44. The molecule has 2 bridgehead atoms. The summed E-state index contributed by atoms with van der Waals surface area (Å²) in [5.74, 6) is 1.04. The minimum atomic E-state index is -0.283. The Morgan fingerprint density at radius 2 is 1.97 bits per heavy atom. The first kappa shape index (κ1) is 27.7. The third-order valence-corrected chi connectivity index (χ3v) is 7.68. The molecule has 0 unspecified atom stereocenters. The number of rotatable bonds is 12. The van der Waals surface area contributed by atoms with Gasteiger partial charge in [0.15, 0.2) is 0 Å². The monoisotopic (exact) mass is 545 g/mol. The van der Waals surface area contributed by atoms with Gasteiger partial charge in [0, 0.05) is 43.2 Å². The van der Waals surface area contributed by atoms with Crippen molar-refractivity contribution in [2.24, 2.45) is 0 Å². The number of hydrogen-bond donors (Lipinski definition) is 3. The highest BCUT2D eigenvalue weighted by atomic mass is 35.5. The second-order valence-electron chi connectivity index (χ2n) is 8.63. The Labute approximate surface area is 223 Å². The van der Waals surface area contributed by atoms with Crippen LogP contribution < -0.4 is 5.32 Å². The van der Waals surface area contributed by atoms with Crippen molar-refractivity contribution in [1.82, 2.24) is 15.1 Å². The zero-order valence-corrected chi connectivity index (χ0v) is 22.7. The predicted molar refractivity (Wildman–Crippen MR) is 145 cm³/mol. The molecule has 1 N–H and O–H groups in total. The number of hydrogen-bond acceptors (Lipinski definition) is 7. The summed E-state index contributed by atoms with van der Waals surface area (Å²) < 4.78 is 5.20. The summed E-state index contributed by atoms with van der Waals surface area (Å²) in [4.78, 5) is 29.6. The molecule has 2 heterocycles. The summed E-state index contributed by atoms with van der Waals surface area (Å²) in [6, 6.07) is 5.92. The topological polar surface area (TPSA) is 61.9 Å². The molecule has 0 spiro atoms. The lowest BCUT2D eigenvalue weighted by Crippen LogP contribution is -2.45. The van der Waals surface area contributed by atoms with Crippen molar-refractivity contribution in [3.8, 4) is 0 Å². The van der Waals surface area contributed by atoms with E-state index in [0.717, 1.165) is 62.0 Å². The fraction of sp³-hybridized carbons (Fsp3) is 0.583. The number of carbonyl (C=O) groups is 2. The molecular formula is C24H33Cl2N3O3S2. The van der Waals surface area contributed by atoms with E-state index in [1.54, 1.807) is 6.07 Å². The fourth-order valence-corrected chi connectivity index (χ4v) is 5.71. The molecule has 0 aromatic heterocycles. The lowest BCUT2D eigenvalue weighted by molar-refractivity contribution is -0.137. The van der Waals surface area contributed by atoms with Crippen LogP contribution in [0.2, 0.25) is 10.0 Å². The Balaban J connectivity index is 1.71. The van der Waals surface area contributed by atoms with Crippen LogP contribution in [0.1, 0.15) is 31.2 Å². The number of nitrogens with zero attached hydrogens (tertiary/aromatic N) is 2. The Hall–Kier alpha value is -0.900. The number of benzene rings is 1. The van der Waals surface area contributed by atoms with Crippen molar-refractivity contribution in [1.29, 1.82) is 0 Å². The van der Waals surface area contributed by atoms with Gasteiger partial charge in [-0.05, 0) is 55.5 Å². The van der Waals surface area contributed by atoms with Crippen LogP contribution >= 0.6 is 48.5 Å². The lowest BCUT2D eigenvalue weighted by Gasteiger charge is -2.37.